The Morgan fingerprint density at radius 2 is 1.12 bits per heavy atom. The van der Waals surface area contributed by atoms with E-state index >= 15 is 0 Å². The lowest BCUT2D eigenvalue weighted by molar-refractivity contribution is -0.104. The van der Waals surface area contributed by atoms with Gasteiger partial charge in [-0.05, 0) is 71.0 Å². The number of hydrogen-bond donors (Lipinski definition) is 0. The smallest absolute Gasteiger partial charge is 0.0239 e. The molecule has 0 aromatic heterocycles. The van der Waals surface area contributed by atoms with Gasteiger partial charge in [0.25, 0.3) is 0 Å². The lowest BCUT2D eigenvalue weighted by atomic mass is 9.44. The van der Waals surface area contributed by atoms with Gasteiger partial charge in [0, 0.05) is 0 Å². The monoisotopic (exact) mass is 364 g/mol. The predicted molar refractivity (Wildman–Crippen MR) is 120 cm³/mol. The predicted octanol–water partition coefficient (Wildman–Crippen LogP) is 9.28. The highest BCUT2D eigenvalue weighted by Gasteiger charge is 2.54. The molecule has 0 radical (unpaired) electrons. The van der Waals surface area contributed by atoms with Crippen molar-refractivity contribution in [2.45, 2.75) is 134 Å². The summed E-state index contributed by atoms with van der Waals surface area (Å²) in [6.45, 7) is 28.7. The van der Waals surface area contributed by atoms with Crippen LogP contribution in [-0.2, 0) is 0 Å². The fraction of sp³-hybridized carbons (Fsp3) is 1.00. The van der Waals surface area contributed by atoms with Crippen LogP contribution in [0, 0.1) is 32.5 Å². The molecule has 2 saturated carbocycles. The second-order valence-corrected chi connectivity index (χ2v) is 13.9. The van der Waals surface area contributed by atoms with Gasteiger partial charge in [-0.3, -0.25) is 0 Å². The van der Waals surface area contributed by atoms with Crippen LogP contribution in [0.5, 0.6) is 0 Å². The van der Waals surface area contributed by atoms with Crippen molar-refractivity contribution in [3.8, 4) is 0 Å². The Hall–Kier alpha value is 0. The molecule has 0 nitrogen and oxygen atoms in total. The van der Waals surface area contributed by atoms with Gasteiger partial charge in [0.15, 0.2) is 0 Å². The van der Waals surface area contributed by atoms with E-state index in [2.05, 4.69) is 83.1 Å². The topological polar surface area (TPSA) is 0 Å². The van der Waals surface area contributed by atoms with Crippen LogP contribution in [0.25, 0.3) is 0 Å². The van der Waals surface area contributed by atoms with Crippen LogP contribution >= 0.6 is 0 Å². The molecule has 2 aliphatic rings. The van der Waals surface area contributed by atoms with Gasteiger partial charge in [-0.2, -0.15) is 0 Å². The standard InChI is InChI=1S/C14H28.C12H24/c1-7-8-9-14(12(2,3)4)10-13(5,6)11-14;1-10(2,3)9-12(7-8-12)11(4,5)6/h7-11H2,1-6H3;7-9H2,1-6H3. The van der Waals surface area contributed by atoms with Gasteiger partial charge >= 0.3 is 0 Å². The fourth-order valence-electron chi connectivity index (χ4n) is 5.74. The van der Waals surface area contributed by atoms with E-state index in [-0.39, 0.29) is 0 Å². The molecular formula is C26H52. The van der Waals surface area contributed by atoms with E-state index in [0.717, 1.165) is 0 Å². The SMILES string of the molecule is CC(C)(C)CC1(C(C)(C)C)CC1.CCCCC1(C(C)(C)C)CC(C)(C)C1. The van der Waals surface area contributed by atoms with E-state index in [9.17, 15) is 0 Å². The van der Waals surface area contributed by atoms with Crippen molar-refractivity contribution in [1.82, 2.24) is 0 Å². The summed E-state index contributed by atoms with van der Waals surface area (Å²) in [5.74, 6) is 0. The maximum absolute atomic E-state index is 2.43. The number of unbranched alkanes of at least 4 members (excludes halogenated alkanes) is 1. The van der Waals surface area contributed by atoms with Crippen molar-refractivity contribution in [3.63, 3.8) is 0 Å². The second-order valence-electron chi connectivity index (χ2n) is 13.9. The minimum Gasteiger partial charge on any atom is -0.0654 e. The molecule has 0 spiro atoms. The first-order valence-corrected chi connectivity index (χ1v) is 11.4. The summed E-state index contributed by atoms with van der Waals surface area (Å²) in [5, 5.41) is 0. The molecule has 0 aromatic rings. The van der Waals surface area contributed by atoms with Crippen molar-refractivity contribution < 1.29 is 0 Å². The summed E-state index contributed by atoms with van der Waals surface area (Å²) < 4.78 is 0. The summed E-state index contributed by atoms with van der Waals surface area (Å²) in [6, 6.07) is 0. The van der Waals surface area contributed by atoms with Crippen LogP contribution < -0.4 is 0 Å². The first-order valence-electron chi connectivity index (χ1n) is 11.4. The summed E-state index contributed by atoms with van der Waals surface area (Å²) >= 11 is 0. The zero-order valence-electron chi connectivity index (χ0n) is 20.7. The van der Waals surface area contributed by atoms with Crippen LogP contribution in [0.2, 0.25) is 0 Å². The molecule has 0 bridgehead atoms. The Morgan fingerprint density at radius 3 is 1.31 bits per heavy atom. The zero-order chi connectivity index (χ0) is 20.7. The largest absolute Gasteiger partial charge is 0.0654 e. The van der Waals surface area contributed by atoms with E-state index in [1.807, 2.05) is 0 Å². The average Bonchev–Trinajstić information content (AvgIpc) is 3.10. The summed E-state index contributed by atoms with van der Waals surface area (Å²) in [7, 11) is 0. The highest BCUT2D eigenvalue weighted by atomic mass is 14.6. The van der Waals surface area contributed by atoms with Gasteiger partial charge in [0.1, 0.15) is 0 Å². The first-order chi connectivity index (χ1) is 11.4. The molecule has 0 heterocycles. The van der Waals surface area contributed by atoms with E-state index in [0.29, 0.717) is 32.5 Å². The van der Waals surface area contributed by atoms with Gasteiger partial charge < -0.3 is 0 Å². The molecule has 26 heavy (non-hydrogen) atoms. The van der Waals surface area contributed by atoms with Gasteiger partial charge in [-0.1, -0.05) is 95.9 Å². The highest BCUT2D eigenvalue weighted by Crippen LogP contribution is 2.65. The van der Waals surface area contributed by atoms with Gasteiger partial charge in [-0.15, -0.1) is 0 Å². The zero-order valence-corrected chi connectivity index (χ0v) is 20.7. The molecule has 0 N–H and O–H groups in total. The summed E-state index contributed by atoms with van der Waals surface area (Å²) in [4.78, 5) is 0. The van der Waals surface area contributed by atoms with Crippen molar-refractivity contribution in [2.24, 2.45) is 32.5 Å². The Bertz CT molecular complexity index is 432. The molecule has 0 heteroatoms. The molecule has 2 rings (SSSR count). The fourth-order valence-corrected chi connectivity index (χ4v) is 5.74. The number of rotatable bonds is 4. The molecule has 0 atom stereocenters. The molecule has 156 valence electrons. The van der Waals surface area contributed by atoms with E-state index < -0.39 is 0 Å². The lowest BCUT2D eigenvalue weighted by Gasteiger charge is -2.60. The summed E-state index contributed by atoms with van der Waals surface area (Å²) in [5.41, 5.74) is 3.44. The molecule has 0 unspecified atom stereocenters. The van der Waals surface area contributed by atoms with Gasteiger partial charge in [-0.25, -0.2) is 0 Å². The van der Waals surface area contributed by atoms with Crippen molar-refractivity contribution >= 4 is 0 Å². The Kier molecular flexibility index (Phi) is 6.88. The molecule has 2 aliphatic carbocycles. The third kappa shape index (κ3) is 6.00. The van der Waals surface area contributed by atoms with Crippen LogP contribution in [0.1, 0.15) is 134 Å². The second kappa shape index (κ2) is 7.44. The Balaban J connectivity index is 0.000000263. The van der Waals surface area contributed by atoms with Crippen LogP contribution in [0.15, 0.2) is 0 Å². The maximum atomic E-state index is 2.43. The van der Waals surface area contributed by atoms with Crippen molar-refractivity contribution in [1.29, 1.82) is 0 Å². The molecule has 2 fully saturated rings. The molecule has 0 aromatic carbocycles. The quantitative estimate of drug-likeness (QED) is 0.466. The molecular weight excluding hydrogens is 312 g/mol. The van der Waals surface area contributed by atoms with Crippen molar-refractivity contribution in [3.05, 3.63) is 0 Å². The van der Waals surface area contributed by atoms with Crippen LogP contribution in [0.3, 0.4) is 0 Å². The third-order valence-corrected chi connectivity index (χ3v) is 7.55. The van der Waals surface area contributed by atoms with E-state index in [1.54, 1.807) is 0 Å². The minimum absolute atomic E-state index is 0.498. The average molecular weight is 365 g/mol. The molecule has 0 amide bonds. The van der Waals surface area contributed by atoms with Gasteiger partial charge in [0.05, 0.1) is 0 Å². The van der Waals surface area contributed by atoms with Gasteiger partial charge in [0.2, 0.25) is 0 Å². The third-order valence-electron chi connectivity index (χ3n) is 7.55. The molecule has 0 aliphatic heterocycles. The Labute approximate surface area is 167 Å². The number of hydrogen-bond acceptors (Lipinski definition) is 0. The Morgan fingerprint density at radius 1 is 0.692 bits per heavy atom. The van der Waals surface area contributed by atoms with Crippen LogP contribution in [0.4, 0.5) is 0 Å². The normalized spacial score (nSPS) is 23.5. The van der Waals surface area contributed by atoms with E-state index in [1.165, 1.54) is 51.4 Å². The highest BCUT2D eigenvalue weighted by molar-refractivity contribution is 5.04. The van der Waals surface area contributed by atoms with Crippen molar-refractivity contribution in [2.75, 3.05) is 0 Å². The summed E-state index contributed by atoms with van der Waals surface area (Å²) in [6.07, 6.45) is 11.4. The first kappa shape index (κ1) is 24.0. The lowest BCUT2D eigenvalue weighted by Crippen LogP contribution is -2.51. The maximum Gasteiger partial charge on any atom is -0.0239 e. The van der Waals surface area contributed by atoms with E-state index in [4.69, 9.17) is 0 Å². The minimum atomic E-state index is 0.498. The molecule has 0 saturated heterocycles. The van der Waals surface area contributed by atoms with Crippen LogP contribution in [-0.4, -0.2) is 0 Å².